The Labute approximate surface area is 96.9 Å². The smallest absolute Gasteiger partial charge is 0.0521 e. The monoisotopic (exact) mass is 223 g/mol. The molecule has 4 nitrogen and oxygen atoms in total. The van der Waals surface area contributed by atoms with E-state index < -0.39 is 0 Å². The van der Waals surface area contributed by atoms with Gasteiger partial charge in [-0.1, -0.05) is 0 Å². The first-order chi connectivity index (χ1) is 7.81. The van der Waals surface area contributed by atoms with Gasteiger partial charge in [0.1, 0.15) is 0 Å². The van der Waals surface area contributed by atoms with Crippen molar-refractivity contribution >= 4 is 0 Å². The number of unbranched alkanes of at least 4 members (excludes halogenated alkanes) is 1. The second kappa shape index (κ2) is 5.46. The van der Waals surface area contributed by atoms with Gasteiger partial charge >= 0.3 is 0 Å². The molecule has 4 heteroatoms. The summed E-state index contributed by atoms with van der Waals surface area (Å²) in [7, 11) is 1.99. The molecule has 0 bridgehead atoms. The van der Waals surface area contributed by atoms with E-state index in [4.69, 9.17) is 5.11 Å². The van der Waals surface area contributed by atoms with Crippen LogP contribution in [0.4, 0.5) is 0 Å². The number of hydrogen-bond donors (Lipinski definition) is 1. The molecular formula is C12H21N3O. The molecule has 0 saturated heterocycles. The van der Waals surface area contributed by atoms with Gasteiger partial charge in [0, 0.05) is 32.4 Å². The van der Waals surface area contributed by atoms with E-state index >= 15 is 0 Å². The van der Waals surface area contributed by atoms with Crippen LogP contribution in [0.1, 0.15) is 31.4 Å². The molecule has 1 aromatic heterocycles. The molecule has 0 aromatic carbocycles. The summed E-state index contributed by atoms with van der Waals surface area (Å²) in [6.07, 6.45) is 6.52. The van der Waals surface area contributed by atoms with E-state index in [1.54, 1.807) is 0 Å². The number of hydrogen-bond acceptors (Lipinski definition) is 3. The minimum atomic E-state index is 0.310. The lowest BCUT2D eigenvalue weighted by Crippen LogP contribution is -2.27. The average Bonchev–Trinajstić information content (AvgIpc) is 3.04. The fraction of sp³-hybridized carbons (Fsp3) is 0.750. The van der Waals surface area contributed by atoms with E-state index in [-0.39, 0.29) is 0 Å². The molecule has 1 N–H and O–H groups in total. The van der Waals surface area contributed by atoms with Crippen LogP contribution >= 0.6 is 0 Å². The lowest BCUT2D eigenvalue weighted by molar-refractivity contribution is 0.224. The maximum atomic E-state index is 8.80. The van der Waals surface area contributed by atoms with Crippen molar-refractivity contribution in [1.29, 1.82) is 0 Å². The van der Waals surface area contributed by atoms with E-state index in [1.165, 1.54) is 18.5 Å². The van der Waals surface area contributed by atoms with E-state index in [1.807, 2.05) is 17.9 Å². The van der Waals surface area contributed by atoms with Crippen LogP contribution in [-0.4, -0.2) is 39.0 Å². The summed E-state index contributed by atoms with van der Waals surface area (Å²) in [6.45, 7) is 2.40. The Morgan fingerprint density at radius 1 is 1.50 bits per heavy atom. The molecule has 0 amide bonds. The van der Waals surface area contributed by atoms with E-state index in [0.717, 1.165) is 32.0 Å². The molecule has 1 aliphatic rings. The predicted molar refractivity (Wildman–Crippen MR) is 63.0 cm³/mol. The number of rotatable bonds is 7. The molecule has 0 unspecified atom stereocenters. The fourth-order valence-corrected chi connectivity index (χ4v) is 2.02. The molecule has 0 spiro atoms. The summed E-state index contributed by atoms with van der Waals surface area (Å²) < 4.78 is 1.95. The van der Waals surface area contributed by atoms with Crippen molar-refractivity contribution in [2.24, 2.45) is 7.05 Å². The normalized spacial score (nSPS) is 15.9. The lowest BCUT2D eigenvalue weighted by Gasteiger charge is -2.21. The standard InChI is InChI=1S/C12H21N3O/c1-14-12(6-7-13-14)10-15(11-4-5-11)8-2-3-9-16/h6-7,11,16H,2-5,8-10H2,1H3. The summed E-state index contributed by atoms with van der Waals surface area (Å²) in [5.41, 5.74) is 1.27. The number of nitrogens with zero attached hydrogens (tertiary/aromatic N) is 3. The van der Waals surface area contributed by atoms with Gasteiger partial charge in [-0.25, -0.2) is 0 Å². The van der Waals surface area contributed by atoms with Crippen LogP contribution in [0.2, 0.25) is 0 Å². The van der Waals surface area contributed by atoms with Gasteiger partial charge in [-0.05, 0) is 38.3 Å². The summed E-state index contributed by atoms with van der Waals surface area (Å²) in [5, 5.41) is 13.0. The topological polar surface area (TPSA) is 41.3 Å². The molecule has 0 aliphatic heterocycles. The van der Waals surface area contributed by atoms with Gasteiger partial charge in [0.05, 0.1) is 5.69 Å². The highest BCUT2D eigenvalue weighted by molar-refractivity contribution is 5.01. The first-order valence-corrected chi connectivity index (χ1v) is 6.13. The second-order valence-corrected chi connectivity index (χ2v) is 4.58. The molecule has 0 radical (unpaired) electrons. The minimum Gasteiger partial charge on any atom is -0.396 e. The molecule has 16 heavy (non-hydrogen) atoms. The van der Waals surface area contributed by atoms with Gasteiger partial charge in [0.15, 0.2) is 0 Å². The largest absolute Gasteiger partial charge is 0.396 e. The van der Waals surface area contributed by atoms with E-state index in [2.05, 4.69) is 16.1 Å². The van der Waals surface area contributed by atoms with Gasteiger partial charge < -0.3 is 5.11 Å². The number of aromatic nitrogens is 2. The van der Waals surface area contributed by atoms with Gasteiger partial charge in [0.2, 0.25) is 0 Å². The van der Waals surface area contributed by atoms with Crippen molar-refractivity contribution in [2.45, 2.75) is 38.3 Å². The van der Waals surface area contributed by atoms with Crippen molar-refractivity contribution in [1.82, 2.24) is 14.7 Å². The van der Waals surface area contributed by atoms with Crippen molar-refractivity contribution in [2.75, 3.05) is 13.2 Å². The van der Waals surface area contributed by atoms with Gasteiger partial charge in [0.25, 0.3) is 0 Å². The zero-order valence-electron chi connectivity index (χ0n) is 9.97. The van der Waals surface area contributed by atoms with Crippen molar-refractivity contribution < 1.29 is 5.11 Å². The van der Waals surface area contributed by atoms with Crippen LogP contribution in [0.5, 0.6) is 0 Å². The molecule has 1 aromatic rings. The summed E-state index contributed by atoms with van der Waals surface area (Å²) >= 11 is 0. The molecule has 1 heterocycles. The Kier molecular flexibility index (Phi) is 3.96. The average molecular weight is 223 g/mol. The predicted octanol–water partition coefficient (Wildman–Crippen LogP) is 1.16. The Hall–Kier alpha value is -0.870. The first kappa shape index (κ1) is 11.6. The number of aliphatic hydroxyl groups is 1. The third-order valence-corrected chi connectivity index (χ3v) is 3.20. The molecular weight excluding hydrogens is 202 g/mol. The molecule has 1 fully saturated rings. The summed E-state index contributed by atoms with van der Waals surface area (Å²) in [4.78, 5) is 2.52. The third-order valence-electron chi connectivity index (χ3n) is 3.20. The quantitative estimate of drug-likeness (QED) is 0.705. The van der Waals surface area contributed by atoms with Crippen molar-refractivity contribution in [3.63, 3.8) is 0 Å². The van der Waals surface area contributed by atoms with E-state index in [0.29, 0.717) is 6.61 Å². The Balaban J connectivity index is 1.85. The zero-order valence-corrected chi connectivity index (χ0v) is 9.97. The number of aryl methyl sites for hydroxylation is 1. The first-order valence-electron chi connectivity index (χ1n) is 6.13. The Morgan fingerprint density at radius 2 is 2.31 bits per heavy atom. The molecule has 0 atom stereocenters. The van der Waals surface area contributed by atoms with Crippen LogP contribution in [0.15, 0.2) is 12.3 Å². The van der Waals surface area contributed by atoms with Crippen LogP contribution in [0.25, 0.3) is 0 Å². The van der Waals surface area contributed by atoms with Crippen LogP contribution in [0.3, 0.4) is 0 Å². The number of aliphatic hydroxyl groups excluding tert-OH is 1. The van der Waals surface area contributed by atoms with Crippen LogP contribution < -0.4 is 0 Å². The zero-order chi connectivity index (χ0) is 11.4. The highest BCUT2D eigenvalue weighted by Gasteiger charge is 2.28. The maximum Gasteiger partial charge on any atom is 0.0521 e. The second-order valence-electron chi connectivity index (χ2n) is 4.58. The molecule has 90 valence electrons. The Morgan fingerprint density at radius 3 is 2.88 bits per heavy atom. The molecule has 2 rings (SSSR count). The summed E-state index contributed by atoms with van der Waals surface area (Å²) in [6, 6.07) is 2.86. The molecule has 1 saturated carbocycles. The lowest BCUT2D eigenvalue weighted by atomic mass is 10.2. The van der Waals surface area contributed by atoms with Gasteiger partial charge in [-0.2, -0.15) is 5.10 Å². The highest BCUT2D eigenvalue weighted by Crippen LogP contribution is 2.28. The van der Waals surface area contributed by atoms with Crippen molar-refractivity contribution in [3.05, 3.63) is 18.0 Å². The SMILES string of the molecule is Cn1nccc1CN(CCCCO)C1CC1. The Bertz CT molecular complexity index is 320. The van der Waals surface area contributed by atoms with Crippen LogP contribution in [0, 0.1) is 0 Å². The summed E-state index contributed by atoms with van der Waals surface area (Å²) in [5.74, 6) is 0. The van der Waals surface area contributed by atoms with Gasteiger partial charge in [-0.15, -0.1) is 0 Å². The highest BCUT2D eigenvalue weighted by atomic mass is 16.2. The van der Waals surface area contributed by atoms with Crippen molar-refractivity contribution in [3.8, 4) is 0 Å². The van der Waals surface area contributed by atoms with Crippen LogP contribution in [-0.2, 0) is 13.6 Å². The maximum absolute atomic E-state index is 8.80. The molecule has 1 aliphatic carbocycles. The fourth-order valence-electron chi connectivity index (χ4n) is 2.02. The minimum absolute atomic E-state index is 0.310. The van der Waals surface area contributed by atoms with Gasteiger partial charge in [-0.3, -0.25) is 9.58 Å². The third kappa shape index (κ3) is 3.06. The van der Waals surface area contributed by atoms with E-state index in [9.17, 15) is 0 Å².